The number of imidazole rings is 1. The quantitative estimate of drug-likeness (QED) is 0.751. The summed E-state index contributed by atoms with van der Waals surface area (Å²) in [6.07, 6.45) is 0.809. The van der Waals surface area contributed by atoms with Crippen LogP contribution in [0.2, 0.25) is 5.02 Å². The number of nitrogens with zero attached hydrogens (tertiary/aromatic N) is 4. The highest BCUT2D eigenvalue weighted by Crippen LogP contribution is 2.33. The van der Waals surface area contributed by atoms with Gasteiger partial charge in [0.1, 0.15) is 5.52 Å². The average Bonchev–Trinajstić information content (AvgIpc) is 2.91. The van der Waals surface area contributed by atoms with E-state index in [1.807, 2.05) is 30.7 Å². The van der Waals surface area contributed by atoms with Crippen molar-refractivity contribution in [1.82, 2.24) is 19.3 Å². The predicted octanol–water partition coefficient (Wildman–Crippen LogP) is 3.63. The molecule has 21 heavy (non-hydrogen) atoms. The fraction of sp³-hybridized carbons (Fsp3) is 0.286. The molecule has 110 valence electrons. The van der Waals surface area contributed by atoms with Gasteiger partial charge in [-0.25, -0.2) is 9.67 Å². The third kappa shape index (κ3) is 2.13. The van der Waals surface area contributed by atoms with Crippen LogP contribution in [-0.2, 0) is 13.5 Å². The lowest BCUT2D eigenvalue weighted by molar-refractivity contribution is 0.751. The largest absolute Gasteiger partial charge is 0.369 e. The van der Waals surface area contributed by atoms with Gasteiger partial charge in [-0.1, -0.05) is 18.5 Å². The minimum atomic E-state index is 0.424. The molecule has 0 radical (unpaired) electrons. The van der Waals surface area contributed by atoms with Gasteiger partial charge >= 0.3 is 0 Å². The zero-order valence-electron chi connectivity index (χ0n) is 12.0. The number of anilines is 1. The van der Waals surface area contributed by atoms with E-state index in [1.54, 1.807) is 4.68 Å². The van der Waals surface area contributed by atoms with Crippen LogP contribution in [0.5, 0.6) is 0 Å². The standard InChI is InChI=1S/C14H15BrClN5/c1-4-10-12-13(20(3)19-10)21(14(17)18-12)11-6-9(16)7(2)5-8(11)15/h5-6H,4H2,1-3H3,(H2,17,18). The maximum Gasteiger partial charge on any atom is 0.207 e. The summed E-state index contributed by atoms with van der Waals surface area (Å²) in [5.74, 6) is 0.424. The Morgan fingerprint density at radius 1 is 1.38 bits per heavy atom. The Kier molecular flexibility index (Phi) is 3.45. The Morgan fingerprint density at radius 3 is 2.76 bits per heavy atom. The number of nitrogens with two attached hydrogens (primary N) is 1. The van der Waals surface area contributed by atoms with E-state index >= 15 is 0 Å². The predicted molar refractivity (Wildman–Crippen MR) is 89.1 cm³/mol. The van der Waals surface area contributed by atoms with Crippen LogP contribution in [0.3, 0.4) is 0 Å². The molecule has 3 aromatic rings. The Labute approximate surface area is 135 Å². The minimum Gasteiger partial charge on any atom is -0.369 e. The number of aryl methyl sites for hydroxylation is 3. The molecule has 0 fully saturated rings. The molecule has 2 N–H and O–H groups in total. The summed E-state index contributed by atoms with van der Waals surface area (Å²) in [6.45, 7) is 4.01. The van der Waals surface area contributed by atoms with Gasteiger partial charge < -0.3 is 5.73 Å². The molecule has 0 bridgehead atoms. The van der Waals surface area contributed by atoms with Gasteiger partial charge in [-0.15, -0.1) is 0 Å². The third-order valence-corrected chi connectivity index (χ3v) is 4.58. The molecular weight excluding hydrogens is 354 g/mol. The summed E-state index contributed by atoms with van der Waals surface area (Å²) in [4.78, 5) is 4.47. The first kappa shape index (κ1) is 14.4. The fourth-order valence-electron chi connectivity index (χ4n) is 2.48. The topological polar surface area (TPSA) is 61.7 Å². The number of hydrogen-bond acceptors (Lipinski definition) is 3. The van der Waals surface area contributed by atoms with Crippen molar-refractivity contribution in [1.29, 1.82) is 0 Å². The van der Waals surface area contributed by atoms with Crippen molar-refractivity contribution in [3.05, 3.63) is 32.9 Å². The highest BCUT2D eigenvalue weighted by atomic mass is 79.9. The van der Waals surface area contributed by atoms with E-state index in [1.165, 1.54) is 0 Å². The second kappa shape index (κ2) is 5.03. The number of benzene rings is 1. The lowest BCUT2D eigenvalue weighted by Gasteiger charge is -2.11. The zero-order valence-corrected chi connectivity index (χ0v) is 14.3. The van der Waals surface area contributed by atoms with Gasteiger partial charge in [-0.2, -0.15) is 5.10 Å². The summed E-state index contributed by atoms with van der Waals surface area (Å²) >= 11 is 9.84. The monoisotopic (exact) mass is 367 g/mol. The van der Waals surface area contributed by atoms with Crippen LogP contribution in [0, 0.1) is 6.92 Å². The number of fused-ring (bicyclic) bond motifs is 1. The van der Waals surface area contributed by atoms with Crippen molar-refractivity contribution < 1.29 is 0 Å². The van der Waals surface area contributed by atoms with Gasteiger partial charge in [0.25, 0.3) is 0 Å². The first-order valence-corrected chi connectivity index (χ1v) is 7.77. The van der Waals surface area contributed by atoms with E-state index in [0.29, 0.717) is 11.0 Å². The maximum absolute atomic E-state index is 6.26. The molecule has 0 spiro atoms. The molecule has 3 rings (SSSR count). The molecule has 0 aliphatic rings. The Morgan fingerprint density at radius 2 is 2.10 bits per heavy atom. The van der Waals surface area contributed by atoms with Gasteiger partial charge in [0, 0.05) is 16.5 Å². The van der Waals surface area contributed by atoms with E-state index in [4.69, 9.17) is 17.3 Å². The van der Waals surface area contributed by atoms with Gasteiger partial charge in [-0.3, -0.25) is 4.57 Å². The highest BCUT2D eigenvalue weighted by molar-refractivity contribution is 9.10. The van der Waals surface area contributed by atoms with Gasteiger partial charge in [-0.05, 0) is 47.0 Å². The molecular formula is C14H15BrClN5. The van der Waals surface area contributed by atoms with Crippen molar-refractivity contribution in [3.8, 4) is 5.69 Å². The molecule has 5 nitrogen and oxygen atoms in total. The minimum absolute atomic E-state index is 0.424. The summed E-state index contributed by atoms with van der Waals surface area (Å²) in [6, 6.07) is 3.86. The lowest BCUT2D eigenvalue weighted by Crippen LogP contribution is -2.06. The van der Waals surface area contributed by atoms with E-state index in [9.17, 15) is 0 Å². The molecule has 0 amide bonds. The Hall–Kier alpha value is -1.53. The molecule has 2 heterocycles. The number of rotatable bonds is 2. The summed E-state index contributed by atoms with van der Waals surface area (Å²) < 4.78 is 4.59. The van der Waals surface area contributed by atoms with Crippen LogP contribution in [0.4, 0.5) is 5.95 Å². The van der Waals surface area contributed by atoms with Gasteiger partial charge in [0.05, 0.1) is 11.4 Å². The van der Waals surface area contributed by atoms with E-state index in [-0.39, 0.29) is 0 Å². The number of halogens is 2. The van der Waals surface area contributed by atoms with E-state index in [2.05, 4.69) is 32.9 Å². The lowest BCUT2D eigenvalue weighted by atomic mass is 10.2. The Bertz CT molecular complexity index is 849. The van der Waals surface area contributed by atoms with Crippen LogP contribution in [0.1, 0.15) is 18.2 Å². The second-order valence-corrected chi connectivity index (χ2v) is 6.22. The average molecular weight is 369 g/mol. The fourth-order valence-corrected chi connectivity index (χ4v) is 3.27. The normalized spacial score (nSPS) is 11.5. The molecule has 0 saturated carbocycles. The third-order valence-electron chi connectivity index (χ3n) is 3.53. The van der Waals surface area contributed by atoms with Crippen LogP contribution in [-0.4, -0.2) is 19.3 Å². The van der Waals surface area contributed by atoms with Crippen molar-refractivity contribution in [2.45, 2.75) is 20.3 Å². The van der Waals surface area contributed by atoms with Crippen LogP contribution in [0.15, 0.2) is 16.6 Å². The van der Waals surface area contributed by atoms with E-state index in [0.717, 1.165) is 39.0 Å². The number of hydrogen-bond donors (Lipinski definition) is 1. The molecule has 0 aliphatic carbocycles. The Balaban J connectivity index is 2.38. The van der Waals surface area contributed by atoms with Crippen LogP contribution in [0.25, 0.3) is 16.9 Å². The van der Waals surface area contributed by atoms with Gasteiger partial charge in [0.2, 0.25) is 5.95 Å². The maximum atomic E-state index is 6.26. The zero-order chi connectivity index (χ0) is 15.3. The van der Waals surface area contributed by atoms with Crippen molar-refractivity contribution in [2.24, 2.45) is 7.05 Å². The molecule has 2 aromatic heterocycles. The molecule has 1 aromatic carbocycles. The molecule has 0 unspecified atom stereocenters. The van der Waals surface area contributed by atoms with Crippen molar-refractivity contribution in [2.75, 3.05) is 5.73 Å². The summed E-state index contributed by atoms with van der Waals surface area (Å²) in [7, 11) is 1.89. The van der Waals surface area contributed by atoms with E-state index < -0.39 is 0 Å². The van der Waals surface area contributed by atoms with Crippen LogP contribution < -0.4 is 5.73 Å². The smallest absolute Gasteiger partial charge is 0.207 e. The van der Waals surface area contributed by atoms with Gasteiger partial charge in [0.15, 0.2) is 5.65 Å². The second-order valence-electron chi connectivity index (χ2n) is 4.95. The molecule has 0 saturated heterocycles. The summed E-state index contributed by atoms with van der Waals surface area (Å²) in [5.41, 5.74) is 10.6. The number of aromatic nitrogens is 4. The van der Waals surface area contributed by atoms with Crippen LogP contribution >= 0.6 is 27.5 Å². The highest BCUT2D eigenvalue weighted by Gasteiger charge is 2.20. The molecule has 0 atom stereocenters. The first-order chi connectivity index (χ1) is 9.93. The SMILES string of the molecule is CCc1nn(C)c2c1nc(N)n2-c1cc(Cl)c(C)cc1Br. The van der Waals surface area contributed by atoms with Crippen molar-refractivity contribution >= 4 is 44.6 Å². The molecule has 0 aliphatic heterocycles. The number of nitrogen functional groups attached to an aromatic ring is 1. The first-order valence-electron chi connectivity index (χ1n) is 6.59. The molecule has 7 heteroatoms. The van der Waals surface area contributed by atoms with Crippen molar-refractivity contribution in [3.63, 3.8) is 0 Å². The summed E-state index contributed by atoms with van der Waals surface area (Å²) in [5, 5.41) is 5.18.